The lowest BCUT2D eigenvalue weighted by atomic mass is 9.93. The Kier molecular flexibility index (Phi) is 4.74. The summed E-state index contributed by atoms with van der Waals surface area (Å²) in [6.07, 6.45) is 0.759. The van der Waals surface area contributed by atoms with Gasteiger partial charge in [0, 0.05) is 5.02 Å². The molecule has 20 heavy (non-hydrogen) atoms. The summed E-state index contributed by atoms with van der Waals surface area (Å²) in [5.74, 6) is -1.75. The van der Waals surface area contributed by atoms with E-state index in [-0.39, 0.29) is 5.82 Å². The zero-order chi connectivity index (χ0) is 14.5. The van der Waals surface area contributed by atoms with Crippen molar-refractivity contribution in [2.45, 2.75) is 12.8 Å². The molecule has 0 spiro atoms. The van der Waals surface area contributed by atoms with E-state index in [1.54, 1.807) is 30.3 Å². The van der Waals surface area contributed by atoms with Crippen LogP contribution in [-0.4, -0.2) is 11.1 Å². The number of aliphatic carboxylic acids is 1. The molecule has 1 unspecified atom stereocenters. The van der Waals surface area contributed by atoms with Gasteiger partial charge in [0.2, 0.25) is 0 Å². The maximum absolute atomic E-state index is 12.8. The maximum atomic E-state index is 12.8. The number of halogens is 2. The minimum atomic E-state index is -0.866. The van der Waals surface area contributed by atoms with Crippen molar-refractivity contribution in [1.82, 2.24) is 0 Å². The van der Waals surface area contributed by atoms with Crippen molar-refractivity contribution in [3.05, 3.63) is 70.5 Å². The molecule has 0 saturated carbocycles. The van der Waals surface area contributed by atoms with E-state index in [4.69, 9.17) is 11.6 Å². The normalized spacial score (nSPS) is 12.1. The third-order valence-corrected chi connectivity index (χ3v) is 3.35. The quantitative estimate of drug-likeness (QED) is 0.905. The molecule has 1 atom stereocenters. The molecule has 2 aromatic rings. The molecule has 2 rings (SSSR count). The summed E-state index contributed by atoms with van der Waals surface area (Å²) in [5, 5.41) is 9.90. The highest BCUT2D eigenvalue weighted by Crippen LogP contribution is 2.18. The summed E-state index contributed by atoms with van der Waals surface area (Å²) in [4.78, 5) is 11.4. The summed E-state index contributed by atoms with van der Waals surface area (Å²) >= 11 is 5.90. The first-order valence-corrected chi connectivity index (χ1v) is 6.64. The molecule has 1 N–H and O–H groups in total. The smallest absolute Gasteiger partial charge is 0.307 e. The first kappa shape index (κ1) is 14.5. The molecule has 0 fully saturated rings. The second kappa shape index (κ2) is 6.53. The Hall–Kier alpha value is -1.87. The van der Waals surface area contributed by atoms with Crippen LogP contribution in [0.15, 0.2) is 48.5 Å². The Balaban J connectivity index is 2.11. The van der Waals surface area contributed by atoms with Crippen LogP contribution in [0.3, 0.4) is 0 Å². The summed E-state index contributed by atoms with van der Waals surface area (Å²) in [5.41, 5.74) is 1.69. The van der Waals surface area contributed by atoms with Crippen molar-refractivity contribution >= 4 is 17.6 Å². The van der Waals surface area contributed by atoms with E-state index in [9.17, 15) is 14.3 Å². The lowest BCUT2D eigenvalue weighted by Crippen LogP contribution is -2.19. The average molecular weight is 293 g/mol. The van der Waals surface area contributed by atoms with Crippen LogP contribution >= 0.6 is 11.6 Å². The molecule has 2 aromatic carbocycles. The van der Waals surface area contributed by atoms with Crippen LogP contribution in [0.4, 0.5) is 4.39 Å². The molecule has 0 heterocycles. The second-order valence-corrected chi connectivity index (χ2v) is 5.14. The number of rotatable bonds is 5. The van der Waals surface area contributed by atoms with Crippen molar-refractivity contribution in [3.8, 4) is 0 Å². The van der Waals surface area contributed by atoms with E-state index in [0.717, 1.165) is 11.1 Å². The van der Waals surface area contributed by atoms with E-state index in [2.05, 4.69) is 0 Å². The Morgan fingerprint density at radius 1 is 1.10 bits per heavy atom. The molecule has 0 bridgehead atoms. The number of carboxylic acid groups (broad SMARTS) is 1. The SMILES string of the molecule is O=C(O)C(Cc1ccc(F)cc1)Cc1cccc(Cl)c1. The molecule has 0 aliphatic carbocycles. The fourth-order valence-corrected chi connectivity index (χ4v) is 2.31. The van der Waals surface area contributed by atoms with Crippen molar-refractivity contribution in [3.63, 3.8) is 0 Å². The topological polar surface area (TPSA) is 37.3 Å². The summed E-state index contributed by atoms with van der Waals surface area (Å²) < 4.78 is 12.8. The summed E-state index contributed by atoms with van der Waals surface area (Å²) in [6.45, 7) is 0. The van der Waals surface area contributed by atoms with Gasteiger partial charge >= 0.3 is 5.97 Å². The fourth-order valence-electron chi connectivity index (χ4n) is 2.10. The zero-order valence-corrected chi connectivity index (χ0v) is 11.5. The van der Waals surface area contributed by atoms with Gasteiger partial charge in [0.1, 0.15) is 5.82 Å². The third-order valence-electron chi connectivity index (χ3n) is 3.12. The minimum Gasteiger partial charge on any atom is -0.481 e. The summed E-state index contributed by atoms with van der Waals surface area (Å²) in [6, 6.07) is 13.1. The highest BCUT2D eigenvalue weighted by Gasteiger charge is 2.18. The Morgan fingerprint density at radius 2 is 1.75 bits per heavy atom. The van der Waals surface area contributed by atoms with Crippen molar-refractivity contribution in [2.24, 2.45) is 5.92 Å². The monoisotopic (exact) mass is 292 g/mol. The van der Waals surface area contributed by atoms with E-state index in [1.807, 2.05) is 6.07 Å². The molecule has 4 heteroatoms. The predicted molar refractivity (Wildman–Crippen MR) is 76.4 cm³/mol. The van der Waals surface area contributed by atoms with E-state index >= 15 is 0 Å². The van der Waals surface area contributed by atoms with Crippen molar-refractivity contribution < 1.29 is 14.3 Å². The third kappa shape index (κ3) is 4.07. The van der Waals surface area contributed by atoms with Gasteiger partial charge in [-0.15, -0.1) is 0 Å². The van der Waals surface area contributed by atoms with Crippen LogP contribution in [0.25, 0.3) is 0 Å². The highest BCUT2D eigenvalue weighted by molar-refractivity contribution is 6.30. The first-order chi connectivity index (χ1) is 9.54. The number of carboxylic acids is 1. The molecule has 0 aliphatic rings. The summed E-state index contributed by atoms with van der Waals surface area (Å²) in [7, 11) is 0. The van der Waals surface area contributed by atoms with Gasteiger partial charge in [-0.3, -0.25) is 4.79 Å². The van der Waals surface area contributed by atoms with Crippen molar-refractivity contribution in [2.75, 3.05) is 0 Å². The Morgan fingerprint density at radius 3 is 2.35 bits per heavy atom. The molecule has 104 valence electrons. The van der Waals surface area contributed by atoms with Gasteiger partial charge in [-0.05, 0) is 48.2 Å². The molecule has 0 aliphatic heterocycles. The van der Waals surface area contributed by atoms with Crippen LogP contribution in [0.1, 0.15) is 11.1 Å². The molecule has 0 aromatic heterocycles. The van der Waals surface area contributed by atoms with Gasteiger partial charge in [-0.2, -0.15) is 0 Å². The van der Waals surface area contributed by atoms with Gasteiger partial charge in [-0.1, -0.05) is 35.9 Å². The number of hydrogen-bond acceptors (Lipinski definition) is 1. The van der Waals surface area contributed by atoms with Crippen LogP contribution in [0.5, 0.6) is 0 Å². The predicted octanol–water partition coefficient (Wildman–Crippen LogP) is 3.97. The molecule has 0 amide bonds. The van der Waals surface area contributed by atoms with Gasteiger partial charge in [-0.25, -0.2) is 4.39 Å². The Labute approximate surface area is 121 Å². The first-order valence-electron chi connectivity index (χ1n) is 6.26. The molecular weight excluding hydrogens is 279 g/mol. The second-order valence-electron chi connectivity index (χ2n) is 4.70. The lowest BCUT2D eigenvalue weighted by Gasteiger charge is -2.13. The van der Waals surface area contributed by atoms with Crippen molar-refractivity contribution in [1.29, 1.82) is 0 Å². The van der Waals surface area contributed by atoms with Gasteiger partial charge < -0.3 is 5.11 Å². The van der Waals surface area contributed by atoms with Gasteiger partial charge in [0.15, 0.2) is 0 Å². The Bertz CT molecular complexity index is 596. The molecule has 2 nitrogen and oxygen atoms in total. The minimum absolute atomic E-state index is 0.324. The highest BCUT2D eigenvalue weighted by atomic mass is 35.5. The van der Waals surface area contributed by atoms with E-state index in [0.29, 0.717) is 17.9 Å². The zero-order valence-electron chi connectivity index (χ0n) is 10.7. The van der Waals surface area contributed by atoms with E-state index in [1.165, 1.54) is 12.1 Å². The largest absolute Gasteiger partial charge is 0.481 e. The van der Waals surface area contributed by atoms with Crippen LogP contribution in [0.2, 0.25) is 5.02 Å². The standard InChI is InChI=1S/C16H14ClFO2/c17-14-3-1-2-12(10-14)9-13(16(19)20)8-11-4-6-15(18)7-5-11/h1-7,10,13H,8-9H2,(H,19,20). The van der Waals surface area contributed by atoms with Crippen LogP contribution < -0.4 is 0 Å². The number of hydrogen-bond donors (Lipinski definition) is 1. The molecular formula is C16H14ClFO2. The average Bonchev–Trinajstić information content (AvgIpc) is 2.40. The van der Waals surface area contributed by atoms with Crippen LogP contribution in [-0.2, 0) is 17.6 Å². The fraction of sp³-hybridized carbons (Fsp3) is 0.188. The molecule has 0 radical (unpaired) electrons. The van der Waals surface area contributed by atoms with Gasteiger partial charge in [0.05, 0.1) is 5.92 Å². The lowest BCUT2D eigenvalue weighted by molar-refractivity contribution is -0.141. The number of carbonyl (C=O) groups is 1. The molecule has 0 saturated heterocycles. The maximum Gasteiger partial charge on any atom is 0.307 e. The van der Waals surface area contributed by atoms with E-state index < -0.39 is 11.9 Å². The number of benzene rings is 2. The van der Waals surface area contributed by atoms with Crippen LogP contribution in [0, 0.1) is 11.7 Å². The van der Waals surface area contributed by atoms with Gasteiger partial charge in [0.25, 0.3) is 0 Å².